The minimum Gasteiger partial charge on any atom is -0.382 e. The van der Waals surface area contributed by atoms with Gasteiger partial charge in [-0.3, -0.25) is 0 Å². The third-order valence-corrected chi connectivity index (χ3v) is 4.80. The number of benzene rings is 1. The van der Waals surface area contributed by atoms with E-state index in [1.54, 1.807) is 30.7 Å². The van der Waals surface area contributed by atoms with Crippen molar-refractivity contribution in [3.63, 3.8) is 0 Å². The Kier molecular flexibility index (Phi) is 5.79. The van der Waals surface area contributed by atoms with Crippen molar-refractivity contribution in [3.05, 3.63) is 52.5 Å². The normalized spacial score (nSPS) is 20.2. The predicted molar refractivity (Wildman–Crippen MR) is 94.4 cm³/mol. The molecule has 1 saturated heterocycles. The van der Waals surface area contributed by atoms with E-state index in [0.717, 1.165) is 19.4 Å². The quantitative estimate of drug-likeness (QED) is 0.787. The van der Waals surface area contributed by atoms with E-state index in [1.165, 1.54) is 0 Å². The summed E-state index contributed by atoms with van der Waals surface area (Å²) >= 11 is 12.3. The Morgan fingerprint density at radius 1 is 1.42 bits per heavy atom. The molecule has 0 bridgehead atoms. The highest BCUT2D eigenvalue weighted by Crippen LogP contribution is 2.31. The molecular weight excluding hydrogens is 349 g/mol. The Bertz CT molecular complexity index is 660. The molecule has 2 aromatic rings. The highest BCUT2D eigenvalue weighted by atomic mass is 35.5. The number of halogens is 2. The lowest BCUT2D eigenvalue weighted by molar-refractivity contribution is 0.0147. The van der Waals surface area contributed by atoms with Crippen LogP contribution < -0.4 is 5.32 Å². The number of hydrogen-bond donors (Lipinski definition) is 2. The molecule has 0 radical (unpaired) electrons. The van der Waals surface area contributed by atoms with E-state index in [0.29, 0.717) is 35.2 Å². The van der Waals surface area contributed by atoms with E-state index >= 15 is 0 Å². The van der Waals surface area contributed by atoms with Crippen LogP contribution in [-0.2, 0) is 16.9 Å². The van der Waals surface area contributed by atoms with Crippen LogP contribution in [0.2, 0.25) is 10.0 Å². The maximum Gasteiger partial charge on any atom is 0.121 e. The maximum absolute atomic E-state index is 11.3. The molecule has 0 amide bonds. The average Bonchev–Trinajstić information content (AvgIpc) is 3.20. The zero-order valence-corrected chi connectivity index (χ0v) is 14.8. The summed E-state index contributed by atoms with van der Waals surface area (Å²) in [4.78, 5) is 4.04. The molecule has 0 saturated carbocycles. The molecule has 5 nitrogen and oxygen atoms in total. The Morgan fingerprint density at radius 3 is 2.96 bits per heavy atom. The van der Waals surface area contributed by atoms with Crippen molar-refractivity contribution in [1.29, 1.82) is 0 Å². The lowest BCUT2D eigenvalue weighted by Gasteiger charge is -2.31. The minimum atomic E-state index is -1.18. The van der Waals surface area contributed by atoms with E-state index in [1.807, 2.05) is 10.8 Å². The number of nitrogens with one attached hydrogen (secondary N) is 1. The summed E-state index contributed by atoms with van der Waals surface area (Å²) in [5, 5.41) is 15.6. The van der Waals surface area contributed by atoms with Crippen LogP contribution in [0.3, 0.4) is 0 Å². The Labute approximate surface area is 151 Å². The first-order valence-electron chi connectivity index (χ1n) is 8.03. The largest absolute Gasteiger partial charge is 0.382 e. The van der Waals surface area contributed by atoms with Gasteiger partial charge in [-0.15, -0.1) is 0 Å². The summed E-state index contributed by atoms with van der Waals surface area (Å²) in [6.45, 7) is 2.21. The molecule has 3 rings (SSSR count). The number of imidazole rings is 1. The second-order valence-electron chi connectivity index (χ2n) is 6.16. The highest BCUT2D eigenvalue weighted by molar-refractivity contribution is 6.35. The molecule has 1 aromatic carbocycles. The van der Waals surface area contributed by atoms with Crippen LogP contribution in [0.4, 0.5) is 0 Å². The summed E-state index contributed by atoms with van der Waals surface area (Å²) < 4.78 is 7.45. The second-order valence-corrected chi connectivity index (χ2v) is 7.00. The average molecular weight is 370 g/mol. The first kappa shape index (κ1) is 17.7. The zero-order valence-electron chi connectivity index (χ0n) is 13.3. The number of hydrogen-bond acceptors (Lipinski definition) is 4. The van der Waals surface area contributed by atoms with Gasteiger partial charge in [0.15, 0.2) is 0 Å². The molecule has 7 heteroatoms. The van der Waals surface area contributed by atoms with Crippen molar-refractivity contribution in [2.75, 3.05) is 19.7 Å². The topological polar surface area (TPSA) is 59.3 Å². The SMILES string of the molecule is OC(CNCC1CCCO1)(Cn1ccnc1)c1ccc(Cl)cc1Cl. The molecule has 0 aliphatic carbocycles. The lowest BCUT2D eigenvalue weighted by Crippen LogP contribution is -2.43. The van der Waals surface area contributed by atoms with Crippen LogP contribution in [0.5, 0.6) is 0 Å². The molecule has 1 aromatic heterocycles. The summed E-state index contributed by atoms with van der Waals surface area (Å²) in [6.07, 6.45) is 7.53. The molecule has 1 aliphatic heterocycles. The second kappa shape index (κ2) is 7.85. The van der Waals surface area contributed by atoms with Crippen molar-refractivity contribution < 1.29 is 9.84 Å². The molecule has 1 fully saturated rings. The summed E-state index contributed by atoms with van der Waals surface area (Å²) in [6, 6.07) is 5.16. The van der Waals surface area contributed by atoms with E-state index in [9.17, 15) is 5.11 Å². The third-order valence-electron chi connectivity index (χ3n) is 4.25. The molecule has 24 heavy (non-hydrogen) atoms. The Morgan fingerprint density at radius 2 is 2.29 bits per heavy atom. The van der Waals surface area contributed by atoms with Crippen molar-refractivity contribution in [3.8, 4) is 0 Å². The van der Waals surface area contributed by atoms with Crippen LogP contribution in [0.15, 0.2) is 36.9 Å². The fourth-order valence-electron chi connectivity index (χ4n) is 3.03. The van der Waals surface area contributed by atoms with E-state index in [-0.39, 0.29) is 6.10 Å². The van der Waals surface area contributed by atoms with Gasteiger partial charge in [0.1, 0.15) is 5.60 Å². The molecule has 0 spiro atoms. The lowest BCUT2D eigenvalue weighted by atomic mass is 9.93. The zero-order chi connectivity index (χ0) is 17.0. The van der Waals surface area contributed by atoms with Crippen molar-refractivity contribution in [2.45, 2.75) is 31.1 Å². The van der Waals surface area contributed by atoms with Crippen LogP contribution in [0.25, 0.3) is 0 Å². The Balaban J connectivity index is 1.76. The Hall–Kier alpha value is -1.11. The highest BCUT2D eigenvalue weighted by Gasteiger charge is 2.32. The van der Waals surface area contributed by atoms with Gasteiger partial charge >= 0.3 is 0 Å². The van der Waals surface area contributed by atoms with Gasteiger partial charge in [-0.05, 0) is 25.0 Å². The number of rotatable bonds is 7. The van der Waals surface area contributed by atoms with Gasteiger partial charge in [0.05, 0.1) is 19.0 Å². The van der Waals surface area contributed by atoms with Gasteiger partial charge < -0.3 is 19.7 Å². The minimum absolute atomic E-state index is 0.211. The van der Waals surface area contributed by atoms with Gasteiger partial charge in [0.25, 0.3) is 0 Å². The van der Waals surface area contributed by atoms with E-state index in [2.05, 4.69) is 10.3 Å². The number of ether oxygens (including phenoxy) is 1. The number of aliphatic hydroxyl groups is 1. The summed E-state index contributed by atoms with van der Waals surface area (Å²) in [7, 11) is 0. The molecule has 1 aliphatic rings. The van der Waals surface area contributed by atoms with Gasteiger partial charge in [0, 0.05) is 47.7 Å². The molecule has 2 N–H and O–H groups in total. The molecular formula is C17H21Cl2N3O2. The van der Waals surface area contributed by atoms with Crippen molar-refractivity contribution in [1.82, 2.24) is 14.9 Å². The van der Waals surface area contributed by atoms with Crippen LogP contribution >= 0.6 is 23.2 Å². The van der Waals surface area contributed by atoms with Crippen molar-refractivity contribution in [2.24, 2.45) is 0 Å². The molecule has 2 unspecified atom stereocenters. The maximum atomic E-state index is 11.3. The van der Waals surface area contributed by atoms with Gasteiger partial charge in [0.2, 0.25) is 0 Å². The number of nitrogens with zero attached hydrogens (tertiary/aromatic N) is 2. The van der Waals surface area contributed by atoms with Gasteiger partial charge in [-0.1, -0.05) is 29.3 Å². The first-order chi connectivity index (χ1) is 11.6. The van der Waals surface area contributed by atoms with Crippen LogP contribution in [0.1, 0.15) is 18.4 Å². The first-order valence-corrected chi connectivity index (χ1v) is 8.78. The fraction of sp³-hybridized carbons (Fsp3) is 0.471. The van der Waals surface area contributed by atoms with E-state index in [4.69, 9.17) is 27.9 Å². The standard InChI is InChI=1S/C17H21Cl2N3O2/c18-13-3-4-15(16(19)8-13)17(23,11-22-6-5-20-12-22)10-21-9-14-2-1-7-24-14/h3-6,8,12,14,21,23H,1-2,7,9-11H2. The summed E-state index contributed by atoms with van der Waals surface area (Å²) in [5.41, 5.74) is -0.539. The van der Waals surface area contributed by atoms with Gasteiger partial charge in [-0.2, -0.15) is 0 Å². The third kappa shape index (κ3) is 4.29. The molecule has 130 valence electrons. The fourth-order valence-corrected chi connectivity index (χ4v) is 3.62. The number of aromatic nitrogens is 2. The van der Waals surface area contributed by atoms with Crippen LogP contribution in [-0.4, -0.2) is 40.5 Å². The smallest absolute Gasteiger partial charge is 0.121 e. The monoisotopic (exact) mass is 369 g/mol. The molecule has 2 heterocycles. The van der Waals surface area contributed by atoms with Crippen molar-refractivity contribution >= 4 is 23.2 Å². The predicted octanol–water partition coefficient (Wildman–Crippen LogP) is 2.85. The molecule has 2 atom stereocenters. The summed E-state index contributed by atoms with van der Waals surface area (Å²) in [5.74, 6) is 0. The van der Waals surface area contributed by atoms with E-state index < -0.39 is 5.60 Å². The van der Waals surface area contributed by atoms with Crippen LogP contribution in [0, 0.1) is 0 Å². The van der Waals surface area contributed by atoms with Gasteiger partial charge in [-0.25, -0.2) is 4.98 Å².